The molecule has 1 aliphatic heterocycles. The molecule has 3 aromatic rings. The molecule has 0 spiro atoms. The number of nitrogens with one attached hydrogen (secondary N) is 1. The molecule has 6 nitrogen and oxygen atoms in total. The molecule has 1 fully saturated rings. The molecule has 0 saturated carbocycles. The maximum atomic E-state index is 13.4. The van der Waals surface area contributed by atoms with Crippen molar-refractivity contribution >= 4 is 16.7 Å². The number of likely N-dealkylation sites (tertiary alicyclic amines) is 1. The molecule has 1 aliphatic rings. The van der Waals surface area contributed by atoms with Crippen molar-refractivity contribution in [1.29, 1.82) is 0 Å². The van der Waals surface area contributed by atoms with Crippen LogP contribution in [0.15, 0.2) is 30.3 Å². The summed E-state index contributed by atoms with van der Waals surface area (Å²) >= 11 is 0. The third kappa shape index (κ3) is 5.17. The van der Waals surface area contributed by atoms with Gasteiger partial charge >= 0.3 is 0 Å². The monoisotopic (exact) mass is 484 g/mol. The molecule has 3 atom stereocenters. The minimum Gasteiger partial charge on any atom is -0.493 e. The number of rotatable bonds is 8. The van der Waals surface area contributed by atoms with E-state index in [1.54, 1.807) is 20.1 Å². The molecule has 1 saturated heterocycles. The van der Waals surface area contributed by atoms with E-state index in [-0.39, 0.29) is 17.7 Å². The van der Waals surface area contributed by atoms with E-state index in [0.717, 1.165) is 35.9 Å². The van der Waals surface area contributed by atoms with Gasteiger partial charge in [-0.15, -0.1) is 0 Å². The van der Waals surface area contributed by atoms with Crippen LogP contribution in [0.2, 0.25) is 0 Å². The number of likely N-dealkylation sites (N-methyl/N-ethyl adjacent to an activating group) is 1. The van der Waals surface area contributed by atoms with Crippen LogP contribution >= 0.6 is 0 Å². The zero-order valence-corrected chi connectivity index (χ0v) is 21.2. The van der Waals surface area contributed by atoms with Crippen LogP contribution in [0.5, 0.6) is 11.5 Å². The van der Waals surface area contributed by atoms with Crippen LogP contribution in [-0.4, -0.2) is 47.7 Å². The summed E-state index contributed by atoms with van der Waals surface area (Å²) in [5.74, 6) is 2.47. The topological polar surface area (TPSA) is 59.5 Å². The Hall–Kier alpha value is -3.00. The molecule has 0 amide bonds. The number of hydrogen-bond acceptors (Lipinski definition) is 6. The first-order valence-electron chi connectivity index (χ1n) is 12.1. The highest BCUT2D eigenvalue weighted by atomic mass is 19.3. The molecule has 35 heavy (non-hydrogen) atoms. The van der Waals surface area contributed by atoms with Gasteiger partial charge in [-0.25, -0.2) is 18.7 Å². The van der Waals surface area contributed by atoms with Crippen LogP contribution in [0, 0.1) is 13.8 Å². The number of aryl methyl sites for hydroxylation is 1. The number of methoxy groups -OCH3 is 1. The van der Waals surface area contributed by atoms with Crippen molar-refractivity contribution in [1.82, 2.24) is 14.9 Å². The van der Waals surface area contributed by atoms with Gasteiger partial charge in [-0.05, 0) is 71.3 Å². The van der Waals surface area contributed by atoms with Gasteiger partial charge in [0.05, 0.1) is 18.7 Å². The summed E-state index contributed by atoms with van der Waals surface area (Å²) in [4.78, 5) is 11.6. The highest BCUT2D eigenvalue weighted by molar-refractivity contribution is 5.92. The maximum absolute atomic E-state index is 13.4. The second-order valence-electron chi connectivity index (χ2n) is 9.38. The highest BCUT2D eigenvalue weighted by Crippen LogP contribution is 2.37. The Labute approximate surface area is 205 Å². The Morgan fingerprint density at radius 2 is 1.83 bits per heavy atom. The van der Waals surface area contributed by atoms with Crippen molar-refractivity contribution in [3.05, 3.63) is 52.8 Å². The summed E-state index contributed by atoms with van der Waals surface area (Å²) in [6.07, 6.45) is -0.278. The van der Waals surface area contributed by atoms with Gasteiger partial charge in [0, 0.05) is 23.1 Å². The Morgan fingerprint density at radius 1 is 1.09 bits per heavy atom. The fraction of sp³-hybridized carbons (Fsp3) is 0.481. The number of nitrogens with zero attached hydrogens (tertiary/aromatic N) is 3. The number of ether oxygens (including phenoxy) is 2. The minimum atomic E-state index is -2.52. The van der Waals surface area contributed by atoms with Gasteiger partial charge in [-0.1, -0.05) is 18.2 Å². The van der Waals surface area contributed by atoms with E-state index in [1.807, 2.05) is 32.0 Å². The van der Waals surface area contributed by atoms with Gasteiger partial charge in [-0.3, -0.25) is 4.90 Å². The van der Waals surface area contributed by atoms with E-state index in [4.69, 9.17) is 9.47 Å². The molecule has 2 aromatic carbocycles. The average molecular weight is 485 g/mol. The zero-order chi connectivity index (χ0) is 25.3. The molecule has 0 unspecified atom stereocenters. The Kier molecular flexibility index (Phi) is 7.40. The van der Waals surface area contributed by atoms with E-state index < -0.39 is 6.43 Å². The Morgan fingerprint density at radius 3 is 2.49 bits per heavy atom. The second-order valence-corrected chi connectivity index (χ2v) is 9.38. The minimum absolute atomic E-state index is 0.0183. The van der Waals surface area contributed by atoms with Crippen LogP contribution in [0.3, 0.4) is 0 Å². The molecule has 1 N–H and O–H groups in total. The molecule has 1 aromatic heterocycles. The fourth-order valence-electron chi connectivity index (χ4n) is 5.08. The van der Waals surface area contributed by atoms with Gasteiger partial charge in [0.15, 0.2) is 11.5 Å². The summed E-state index contributed by atoms with van der Waals surface area (Å²) in [5, 5.41) is 4.21. The van der Waals surface area contributed by atoms with Crippen LogP contribution < -0.4 is 14.8 Å². The number of alkyl halides is 2. The lowest BCUT2D eigenvalue weighted by Crippen LogP contribution is -2.38. The van der Waals surface area contributed by atoms with E-state index in [2.05, 4.69) is 34.2 Å². The van der Waals surface area contributed by atoms with E-state index >= 15 is 0 Å². The van der Waals surface area contributed by atoms with Crippen molar-refractivity contribution < 1.29 is 18.3 Å². The quantitative estimate of drug-likeness (QED) is 0.409. The van der Waals surface area contributed by atoms with Crippen LogP contribution in [0.25, 0.3) is 10.9 Å². The lowest BCUT2D eigenvalue weighted by atomic mass is 9.97. The SMILES string of the molecule is COc1cc2nc(C)nc(N[C@H](C)c3cccc(C(F)F)c3C)c2cc1O[C@@H](C)[C@@H]1CCCN1C. The number of benzene rings is 2. The standard InChI is InChI=1S/C27H34F2N4O2/c1-15-19(9-7-10-20(15)26(28)29)16(2)30-27-21-13-25(35-17(3)23-11-8-12-33(23)5)24(34-6)14-22(21)31-18(4)32-27/h7,9-10,13-14,16-17,23,26H,8,11-12H2,1-6H3,(H,30,31,32)/t16-,17+,23+/m1/s1. The fourth-order valence-corrected chi connectivity index (χ4v) is 5.08. The average Bonchev–Trinajstić information content (AvgIpc) is 3.24. The summed E-state index contributed by atoms with van der Waals surface area (Å²) in [6.45, 7) is 8.66. The van der Waals surface area contributed by atoms with Gasteiger partial charge in [0.25, 0.3) is 6.43 Å². The number of anilines is 1. The molecule has 188 valence electrons. The van der Waals surface area contributed by atoms with E-state index in [9.17, 15) is 8.78 Å². The first-order valence-corrected chi connectivity index (χ1v) is 12.1. The molecule has 4 rings (SSSR count). The van der Waals surface area contributed by atoms with Crippen LogP contribution in [0.4, 0.5) is 14.6 Å². The summed E-state index contributed by atoms with van der Waals surface area (Å²) in [5.41, 5.74) is 2.15. The molecular weight excluding hydrogens is 450 g/mol. The Balaban J connectivity index is 1.70. The summed E-state index contributed by atoms with van der Waals surface area (Å²) in [6, 6.07) is 8.88. The normalized spacial score (nSPS) is 18.1. The Bertz CT molecular complexity index is 1200. The molecule has 0 aliphatic carbocycles. The summed E-state index contributed by atoms with van der Waals surface area (Å²) in [7, 11) is 3.74. The first kappa shape index (κ1) is 25.1. The third-order valence-electron chi connectivity index (χ3n) is 7.00. The molecular formula is C27H34F2N4O2. The molecule has 2 heterocycles. The number of fused-ring (bicyclic) bond motifs is 1. The van der Waals surface area contributed by atoms with E-state index in [0.29, 0.717) is 34.7 Å². The number of halogens is 2. The van der Waals surface area contributed by atoms with Crippen molar-refractivity contribution in [3.8, 4) is 11.5 Å². The smallest absolute Gasteiger partial charge is 0.264 e. The van der Waals surface area contributed by atoms with Crippen molar-refractivity contribution in [2.45, 2.75) is 65.1 Å². The lowest BCUT2D eigenvalue weighted by molar-refractivity contribution is 0.118. The van der Waals surface area contributed by atoms with Gasteiger partial charge in [0.1, 0.15) is 17.7 Å². The van der Waals surface area contributed by atoms with Crippen LogP contribution in [0.1, 0.15) is 61.7 Å². The third-order valence-corrected chi connectivity index (χ3v) is 7.00. The second kappa shape index (κ2) is 10.3. The van der Waals surface area contributed by atoms with Gasteiger partial charge in [0.2, 0.25) is 0 Å². The van der Waals surface area contributed by atoms with Crippen molar-refractivity contribution in [3.63, 3.8) is 0 Å². The van der Waals surface area contributed by atoms with Gasteiger partial charge in [-0.2, -0.15) is 0 Å². The molecule has 0 bridgehead atoms. The predicted octanol–water partition coefficient (Wildman–Crippen LogP) is 6.23. The van der Waals surface area contributed by atoms with Crippen molar-refractivity contribution in [2.24, 2.45) is 0 Å². The molecule has 0 radical (unpaired) electrons. The lowest BCUT2D eigenvalue weighted by Gasteiger charge is -2.27. The van der Waals surface area contributed by atoms with Gasteiger partial charge < -0.3 is 14.8 Å². The van der Waals surface area contributed by atoms with Crippen LogP contribution in [-0.2, 0) is 0 Å². The summed E-state index contributed by atoms with van der Waals surface area (Å²) < 4.78 is 38.9. The predicted molar refractivity (Wildman–Crippen MR) is 135 cm³/mol. The zero-order valence-electron chi connectivity index (χ0n) is 21.2. The van der Waals surface area contributed by atoms with E-state index in [1.165, 1.54) is 6.07 Å². The largest absolute Gasteiger partial charge is 0.493 e. The molecule has 8 heteroatoms. The number of hydrogen-bond donors (Lipinski definition) is 1. The first-order chi connectivity index (χ1) is 16.7. The highest BCUT2D eigenvalue weighted by Gasteiger charge is 2.28. The number of aromatic nitrogens is 2. The van der Waals surface area contributed by atoms with Crippen molar-refractivity contribution in [2.75, 3.05) is 26.0 Å². The maximum Gasteiger partial charge on any atom is 0.264 e.